The van der Waals surface area contributed by atoms with Crippen LogP contribution in [0.2, 0.25) is 0 Å². The van der Waals surface area contributed by atoms with Crippen LogP contribution in [0.15, 0.2) is 42.5 Å². The van der Waals surface area contributed by atoms with Crippen molar-refractivity contribution in [1.82, 2.24) is 0 Å². The van der Waals surface area contributed by atoms with E-state index in [0.29, 0.717) is 12.1 Å². The minimum atomic E-state index is 0.601. The van der Waals surface area contributed by atoms with Crippen LogP contribution in [-0.2, 0) is 6.54 Å². The van der Waals surface area contributed by atoms with Gasteiger partial charge >= 0.3 is 0 Å². The largest absolute Gasteiger partial charge is 0.495 e. The zero-order chi connectivity index (χ0) is 13.7. The lowest BCUT2D eigenvalue weighted by Gasteiger charge is -2.12. The van der Waals surface area contributed by atoms with Gasteiger partial charge < -0.3 is 10.1 Å². The molecule has 3 heteroatoms. The van der Waals surface area contributed by atoms with Crippen molar-refractivity contribution in [1.29, 1.82) is 5.26 Å². The van der Waals surface area contributed by atoms with Gasteiger partial charge in [0.25, 0.3) is 0 Å². The number of ether oxygens (including phenoxy) is 1. The van der Waals surface area contributed by atoms with Crippen molar-refractivity contribution in [3.63, 3.8) is 0 Å². The van der Waals surface area contributed by atoms with E-state index >= 15 is 0 Å². The average molecular weight is 252 g/mol. The average Bonchev–Trinajstić information content (AvgIpc) is 2.45. The Labute approximate surface area is 113 Å². The van der Waals surface area contributed by atoms with E-state index in [0.717, 1.165) is 22.6 Å². The first-order valence-electron chi connectivity index (χ1n) is 6.11. The zero-order valence-corrected chi connectivity index (χ0v) is 11.1. The summed E-state index contributed by atoms with van der Waals surface area (Å²) < 4.78 is 5.32. The minimum Gasteiger partial charge on any atom is -0.495 e. The second-order valence-corrected chi connectivity index (χ2v) is 4.33. The first-order valence-corrected chi connectivity index (χ1v) is 6.11. The monoisotopic (exact) mass is 252 g/mol. The van der Waals surface area contributed by atoms with E-state index in [4.69, 9.17) is 10.00 Å². The van der Waals surface area contributed by atoms with Crippen molar-refractivity contribution in [2.24, 2.45) is 0 Å². The third-order valence-electron chi connectivity index (χ3n) is 2.96. The van der Waals surface area contributed by atoms with Gasteiger partial charge in [-0.3, -0.25) is 0 Å². The summed E-state index contributed by atoms with van der Waals surface area (Å²) in [6.45, 7) is 2.64. The summed E-state index contributed by atoms with van der Waals surface area (Å²) in [5.41, 5.74) is 3.78. The molecule has 0 aliphatic carbocycles. The Morgan fingerprint density at radius 1 is 1.21 bits per heavy atom. The maximum Gasteiger partial charge on any atom is 0.141 e. The third kappa shape index (κ3) is 3.05. The van der Waals surface area contributed by atoms with Crippen molar-refractivity contribution >= 4 is 5.69 Å². The Balaban J connectivity index is 2.19. The highest BCUT2D eigenvalue weighted by Gasteiger charge is 2.05. The number of aryl methyl sites for hydroxylation is 1. The molecule has 2 aromatic carbocycles. The van der Waals surface area contributed by atoms with Gasteiger partial charge in [0.05, 0.1) is 24.4 Å². The lowest BCUT2D eigenvalue weighted by molar-refractivity contribution is 0.416. The van der Waals surface area contributed by atoms with Gasteiger partial charge in [0.2, 0.25) is 0 Å². The number of benzene rings is 2. The number of rotatable bonds is 4. The van der Waals surface area contributed by atoms with Crippen LogP contribution >= 0.6 is 0 Å². The van der Waals surface area contributed by atoms with Crippen LogP contribution < -0.4 is 10.1 Å². The molecule has 0 aliphatic rings. The number of nitriles is 1. The fourth-order valence-corrected chi connectivity index (χ4v) is 1.93. The molecule has 0 radical (unpaired) electrons. The van der Waals surface area contributed by atoms with Gasteiger partial charge in [-0.1, -0.05) is 24.3 Å². The summed E-state index contributed by atoms with van der Waals surface area (Å²) in [5.74, 6) is 0.806. The second-order valence-electron chi connectivity index (χ2n) is 4.33. The molecule has 2 aromatic rings. The van der Waals surface area contributed by atoms with Gasteiger partial charge in [0.1, 0.15) is 5.75 Å². The molecule has 0 spiro atoms. The van der Waals surface area contributed by atoms with Gasteiger partial charge in [-0.15, -0.1) is 0 Å². The number of methoxy groups -OCH3 is 1. The Morgan fingerprint density at radius 3 is 2.74 bits per heavy atom. The zero-order valence-electron chi connectivity index (χ0n) is 11.1. The molecule has 2 rings (SSSR count). The number of nitrogens with one attached hydrogen (secondary N) is 1. The molecule has 0 bridgehead atoms. The van der Waals surface area contributed by atoms with Crippen molar-refractivity contribution < 1.29 is 4.74 Å². The van der Waals surface area contributed by atoms with Crippen LogP contribution in [0.5, 0.6) is 5.75 Å². The molecule has 0 heterocycles. The van der Waals surface area contributed by atoms with E-state index in [1.54, 1.807) is 7.11 Å². The summed E-state index contributed by atoms with van der Waals surface area (Å²) >= 11 is 0. The van der Waals surface area contributed by atoms with E-state index in [1.165, 1.54) is 0 Å². The van der Waals surface area contributed by atoms with Crippen molar-refractivity contribution in [2.75, 3.05) is 12.4 Å². The van der Waals surface area contributed by atoms with E-state index in [-0.39, 0.29) is 0 Å². The van der Waals surface area contributed by atoms with E-state index < -0.39 is 0 Å². The van der Waals surface area contributed by atoms with Gasteiger partial charge in [0.15, 0.2) is 0 Å². The third-order valence-corrected chi connectivity index (χ3v) is 2.96. The molecular weight excluding hydrogens is 236 g/mol. The second kappa shape index (κ2) is 5.92. The first-order chi connectivity index (χ1) is 9.24. The summed E-state index contributed by atoms with van der Waals surface area (Å²) in [7, 11) is 1.65. The highest BCUT2D eigenvalue weighted by atomic mass is 16.5. The summed E-state index contributed by atoms with van der Waals surface area (Å²) in [4.78, 5) is 0. The molecule has 0 unspecified atom stereocenters. The predicted octanol–water partition coefficient (Wildman–Crippen LogP) is 3.49. The van der Waals surface area contributed by atoms with Crippen LogP contribution in [-0.4, -0.2) is 7.11 Å². The van der Waals surface area contributed by atoms with Crippen molar-refractivity contribution in [3.8, 4) is 11.8 Å². The fraction of sp³-hybridized carbons (Fsp3) is 0.188. The summed E-state index contributed by atoms with van der Waals surface area (Å²) in [5, 5.41) is 12.4. The molecule has 96 valence electrons. The lowest BCUT2D eigenvalue weighted by atomic mass is 10.1. The summed E-state index contributed by atoms with van der Waals surface area (Å²) in [6.07, 6.45) is 0. The van der Waals surface area contributed by atoms with Gasteiger partial charge in [-0.2, -0.15) is 5.26 Å². The lowest BCUT2D eigenvalue weighted by Crippen LogP contribution is -2.03. The maximum atomic E-state index is 9.06. The van der Waals surface area contributed by atoms with Crippen LogP contribution in [0.3, 0.4) is 0 Å². The smallest absolute Gasteiger partial charge is 0.141 e. The molecule has 0 saturated carbocycles. The topological polar surface area (TPSA) is 45.0 Å². The highest BCUT2D eigenvalue weighted by molar-refractivity contribution is 5.58. The molecule has 3 nitrogen and oxygen atoms in total. The van der Waals surface area contributed by atoms with Crippen LogP contribution in [0.4, 0.5) is 5.69 Å². The van der Waals surface area contributed by atoms with Crippen LogP contribution in [0.1, 0.15) is 16.7 Å². The van der Waals surface area contributed by atoms with E-state index in [1.807, 2.05) is 49.4 Å². The van der Waals surface area contributed by atoms with Gasteiger partial charge in [-0.25, -0.2) is 0 Å². The molecule has 0 saturated heterocycles. The minimum absolute atomic E-state index is 0.601. The molecule has 19 heavy (non-hydrogen) atoms. The standard InChI is InChI=1S/C16H16N2O/c1-12-7-8-16(19-2)15(9-12)18-11-14-6-4-3-5-13(14)10-17/h3-9,18H,11H2,1-2H3. The molecule has 0 fully saturated rings. The molecule has 0 atom stereocenters. The van der Waals surface area contributed by atoms with E-state index in [9.17, 15) is 0 Å². The molecule has 0 aliphatic heterocycles. The Bertz CT molecular complexity index is 614. The fourth-order valence-electron chi connectivity index (χ4n) is 1.93. The molecule has 0 amide bonds. The van der Waals surface area contributed by atoms with E-state index in [2.05, 4.69) is 11.4 Å². The van der Waals surface area contributed by atoms with Crippen LogP contribution in [0, 0.1) is 18.3 Å². The number of hydrogen-bond donors (Lipinski definition) is 1. The van der Waals surface area contributed by atoms with Crippen molar-refractivity contribution in [3.05, 3.63) is 59.2 Å². The number of anilines is 1. The van der Waals surface area contributed by atoms with Gasteiger partial charge in [0, 0.05) is 6.54 Å². The number of nitrogens with zero attached hydrogens (tertiary/aromatic N) is 1. The molecule has 1 N–H and O–H groups in total. The SMILES string of the molecule is COc1ccc(C)cc1NCc1ccccc1C#N. The Kier molecular flexibility index (Phi) is 4.04. The molecule has 0 aromatic heterocycles. The Morgan fingerprint density at radius 2 is 2.00 bits per heavy atom. The van der Waals surface area contributed by atoms with Gasteiger partial charge in [-0.05, 0) is 36.2 Å². The first kappa shape index (κ1) is 13.0. The van der Waals surface area contributed by atoms with Crippen molar-refractivity contribution in [2.45, 2.75) is 13.5 Å². The predicted molar refractivity (Wildman–Crippen MR) is 76.2 cm³/mol. The molecular formula is C16H16N2O. The van der Waals surface area contributed by atoms with Crippen LogP contribution in [0.25, 0.3) is 0 Å². The maximum absolute atomic E-state index is 9.06. The summed E-state index contributed by atoms with van der Waals surface area (Å²) in [6, 6.07) is 15.8. The normalized spacial score (nSPS) is 9.74. The Hall–Kier alpha value is -2.47. The number of hydrogen-bond acceptors (Lipinski definition) is 3. The quantitative estimate of drug-likeness (QED) is 0.906. The highest BCUT2D eigenvalue weighted by Crippen LogP contribution is 2.25.